The van der Waals surface area contributed by atoms with E-state index in [1.54, 1.807) is 6.07 Å². The number of aliphatic hydroxyl groups is 1. The number of ether oxygens (including phenoxy) is 2. The highest BCUT2D eigenvalue weighted by Gasteiger charge is 2.28. The maximum absolute atomic E-state index is 10.8. The van der Waals surface area contributed by atoms with Gasteiger partial charge in [0, 0.05) is 19.3 Å². The van der Waals surface area contributed by atoms with Crippen LogP contribution in [0.2, 0.25) is 0 Å². The molecule has 4 unspecified atom stereocenters. The molecule has 156 valence electrons. The summed E-state index contributed by atoms with van der Waals surface area (Å²) >= 11 is 0. The van der Waals surface area contributed by atoms with E-state index in [1.807, 2.05) is 36.4 Å². The number of phenolic OH excluding ortho intramolecular Hbond substituents is 2. The molecule has 0 saturated carbocycles. The van der Waals surface area contributed by atoms with Crippen molar-refractivity contribution in [3.05, 3.63) is 59.2 Å². The van der Waals surface area contributed by atoms with E-state index in [1.165, 1.54) is 0 Å². The zero-order valence-corrected chi connectivity index (χ0v) is 16.7. The lowest BCUT2D eigenvalue weighted by molar-refractivity contribution is 0.0120. The Morgan fingerprint density at radius 3 is 1.69 bits per heavy atom. The SMILES string of the molecule is OCC1CCC(Cc2cccc(CC3CCC(Cc4ccccc4O)O3)c2O)O1. The molecule has 0 aliphatic carbocycles. The Morgan fingerprint density at radius 1 is 0.655 bits per heavy atom. The molecule has 0 radical (unpaired) electrons. The standard InChI is InChI=1S/C24H30O5/c25-15-22-11-10-21(29-22)14-18-6-3-5-17(24(18)27)13-20-9-8-19(28-20)12-16-4-1-2-7-23(16)26/h1-7,19-22,25-27H,8-15H2. The molecule has 2 aromatic rings. The van der Waals surface area contributed by atoms with Crippen LogP contribution in [0.5, 0.6) is 11.5 Å². The minimum absolute atomic E-state index is 0.0546. The van der Waals surface area contributed by atoms with Gasteiger partial charge in [0.25, 0.3) is 0 Å². The second kappa shape index (κ2) is 9.16. The van der Waals surface area contributed by atoms with Gasteiger partial charge in [0.2, 0.25) is 0 Å². The van der Waals surface area contributed by atoms with Crippen LogP contribution in [0.3, 0.4) is 0 Å². The molecular formula is C24H30O5. The van der Waals surface area contributed by atoms with Gasteiger partial charge in [-0.1, -0.05) is 36.4 Å². The molecule has 4 rings (SSSR count). The lowest BCUT2D eigenvalue weighted by Gasteiger charge is -2.17. The van der Waals surface area contributed by atoms with E-state index in [0.29, 0.717) is 30.8 Å². The van der Waals surface area contributed by atoms with Crippen molar-refractivity contribution >= 4 is 0 Å². The van der Waals surface area contributed by atoms with Crippen molar-refractivity contribution < 1.29 is 24.8 Å². The predicted octanol–water partition coefficient (Wildman–Crippen LogP) is 3.51. The third-order valence-electron chi connectivity index (χ3n) is 6.13. The Kier molecular flexibility index (Phi) is 6.38. The number of para-hydroxylation sites is 2. The van der Waals surface area contributed by atoms with Gasteiger partial charge >= 0.3 is 0 Å². The number of rotatable bonds is 7. The third kappa shape index (κ3) is 4.92. The second-order valence-corrected chi connectivity index (χ2v) is 8.26. The molecule has 0 aromatic heterocycles. The van der Waals surface area contributed by atoms with Crippen LogP contribution in [0.25, 0.3) is 0 Å². The molecule has 2 aliphatic rings. The summed E-state index contributed by atoms with van der Waals surface area (Å²) in [5.74, 6) is 0.666. The lowest BCUT2D eigenvalue weighted by atomic mass is 9.97. The number of hydrogen-bond acceptors (Lipinski definition) is 5. The van der Waals surface area contributed by atoms with Crippen molar-refractivity contribution in [1.29, 1.82) is 0 Å². The van der Waals surface area contributed by atoms with Crippen molar-refractivity contribution in [3.8, 4) is 11.5 Å². The van der Waals surface area contributed by atoms with Gasteiger partial charge in [-0.15, -0.1) is 0 Å². The molecule has 0 amide bonds. The fourth-order valence-corrected chi connectivity index (χ4v) is 4.54. The zero-order valence-electron chi connectivity index (χ0n) is 16.7. The highest BCUT2D eigenvalue weighted by Crippen LogP contribution is 2.33. The van der Waals surface area contributed by atoms with Crippen LogP contribution < -0.4 is 0 Å². The van der Waals surface area contributed by atoms with Gasteiger partial charge in [0.15, 0.2) is 0 Å². The Labute approximate surface area is 171 Å². The van der Waals surface area contributed by atoms with E-state index < -0.39 is 0 Å². The minimum Gasteiger partial charge on any atom is -0.508 e. The van der Waals surface area contributed by atoms with E-state index in [4.69, 9.17) is 9.47 Å². The van der Waals surface area contributed by atoms with Crippen LogP contribution >= 0.6 is 0 Å². The van der Waals surface area contributed by atoms with E-state index in [0.717, 1.165) is 42.4 Å². The minimum atomic E-state index is -0.0711. The number of aliphatic hydroxyl groups excluding tert-OH is 1. The topological polar surface area (TPSA) is 79.2 Å². The fraction of sp³-hybridized carbons (Fsp3) is 0.500. The van der Waals surface area contributed by atoms with E-state index >= 15 is 0 Å². The molecule has 2 aliphatic heterocycles. The molecular weight excluding hydrogens is 368 g/mol. The maximum atomic E-state index is 10.8. The normalized spacial score (nSPS) is 26.8. The van der Waals surface area contributed by atoms with E-state index in [2.05, 4.69) is 0 Å². The summed E-state index contributed by atoms with van der Waals surface area (Å²) in [6.45, 7) is 0.0590. The Bertz CT molecular complexity index is 821. The summed E-state index contributed by atoms with van der Waals surface area (Å²) in [7, 11) is 0. The van der Waals surface area contributed by atoms with Crippen LogP contribution in [-0.2, 0) is 28.7 Å². The summed E-state index contributed by atoms with van der Waals surface area (Å²) in [5, 5.41) is 30.0. The van der Waals surface area contributed by atoms with Crippen LogP contribution in [0.4, 0.5) is 0 Å². The van der Waals surface area contributed by atoms with E-state index in [9.17, 15) is 15.3 Å². The monoisotopic (exact) mass is 398 g/mol. The Morgan fingerprint density at radius 2 is 1.14 bits per heavy atom. The van der Waals surface area contributed by atoms with Gasteiger partial charge in [-0.2, -0.15) is 0 Å². The van der Waals surface area contributed by atoms with E-state index in [-0.39, 0.29) is 31.0 Å². The van der Waals surface area contributed by atoms with Gasteiger partial charge in [-0.25, -0.2) is 0 Å². The molecule has 4 atom stereocenters. The van der Waals surface area contributed by atoms with Crippen molar-refractivity contribution in [1.82, 2.24) is 0 Å². The van der Waals surface area contributed by atoms with Gasteiger partial charge in [-0.05, 0) is 48.4 Å². The first-order valence-electron chi connectivity index (χ1n) is 10.6. The van der Waals surface area contributed by atoms with Gasteiger partial charge in [0.1, 0.15) is 11.5 Å². The molecule has 5 nitrogen and oxygen atoms in total. The fourth-order valence-electron chi connectivity index (χ4n) is 4.54. The quantitative estimate of drug-likeness (QED) is 0.665. The molecule has 0 spiro atoms. The lowest BCUT2D eigenvalue weighted by Crippen LogP contribution is -2.17. The first-order valence-corrected chi connectivity index (χ1v) is 10.6. The molecule has 2 heterocycles. The van der Waals surface area contributed by atoms with Crippen molar-refractivity contribution in [2.75, 3.05) is 6.61 Å². The van der Waals surface area contributed by atoms with Crippen molar-refractivity contribution in [3.63, 3.8) is 0 Å². The summed E-state index contributed by atoms with van der Waals surface area (Å²) in [4.78, 5) is 0. The van der Waals surface area contributed by atoms with Crippen LogP contribution in [-0.4, -0.2) is 46.3 Å². The van der Waals surface area contributed by atoms with Crippen molar-refractivity contribution in [2.45, 2.75) is 69.4 Å². The smallest absolute Gasteiger partial charge is 0.122 e. The Hall–Kier alpha value is -2.08. The van der Waals surface area contributed by atoms with Crippen molar-refractivity contribution in [2.24, 2.45) is 0 Å². The molecule has 29 heavy (non-hydrogen) atoms. The maximum Gasteiger partial charge on any atom is 0.122 e. The van der Waals surface area contributed by atoms with Gasteiger partial charge < -0.3 is 24.8 Å². The van der Waals surface area contributed by atoms with Crippen LogP contribution in [0.15, 0.2) is 42.5 Å². The molecule has 2 fully saturated rings. The highest BCUT2D eigenvalue weighted by atomic mass is 16.5. The number of phenols is 2. The molecule has 5 heteroatoms. The average molecular weight is 398 g/mol. The van der Waals surface area contributed by atoms with Crippen LogP contribution in [0, 0.1) is 0 Å². The number of benzene rings is 2. The predicted molar refractivity (Wildman–Crippen MR) is 110 cm³/mol. The number of hydrogen-bond donors (Lipinski definition) is 3. The molecule has 0 bridgehead atoms. The zero-order chi connectivity index (χ0) is 20.2. The first-order chi connectivity index (χ1) is 14.1. The molecule has 2 saturated heterocycles. The van der Waals surface area contributed by atoms with Crippen LogP contribution in [0.1, 0.15) is 42.4 Å². The first kappa shape index (κ1) is 20.2. The largest absolute Gasteiger partial charge is 0.508 e. The van der Waals surface area contributed by atoms with Gasteiger partial charge in [0.05, 0.1) is 31.0 Å². The van der Waals surface area contributed by atoms with Gasteiger partial charge in [-0.3, -0.25) is 0 Å². The molecule has 3 N–H and O–H groups in total. The molecule has 2 aromatic carbocycles. The third-order valence-corrected chi connectivity index (χ3v) is 6.13. The Balaban J connectivity index is 1.34. The summed E-state index contributed by atoms with van der Waals surface area (Å²) in [6.07, 6.45) is 5.90. The summed E-state index contributed by atoms with van der Waals surface area (Å²) < 4.78 is 12.0. The second-order valence-electron chi connectivity index (χ2n) is 8.26. The summed E-state index contributed by atoms with van der Waals surface area (Å²) in [5.41, 5.74) is 2.72. The summed E-state index contributed by atoms with van der Waals surface area (Å²) in [6, 6.07) is 13.3. The average Bonchev–Trinajstić information content (AvgIpc) is 3.36. The highest BCUT2D eigenvalue weighted by molar-refractivity contribution is 5.41. The number of aromatic hydroxyl groups is 2.